The molecule has 1 amide bonds. The molecule has 11 heteroatoms. The van der Waals surface area contributed by atoms with Gasteiger partial charge in [0.05, 0.1) is 22.6 Å². The van der Waals surface area contributed by atoms with Crippen molar-refractivity contribution in [3.63, 3.8) is 0 Å². The highest BCUT2D eigenvalue weighted by Crippen LogP contribution is 2.36. The summed E-state index contributed by atoms with van der Waals surface area (Å²) in [6.45, 7) is 1.34. The van der Waals surface area contributed by atoms with Crippen molar-refractivity contribution in [2.24, 2.45) is 5.92 Å². The number of anilines is 1. The van der Waals surface area contributed by atoms with E-state index >= 15 is 0 Å². The molecule has 1 aliphatic rings. The Morgan fingerprint density at radius 3 is 2.37 bits per heavy atom. The van der Waals surface area contributed by atoms with Crippen LogP contribution in [0, 0.1) is 5.92 Å². The van der Waals surface area contributed by atoms with Crippen LogP contribution in [-0.4, -0.2) is 42.4 Å². The van der Waals surface area contributed by atoms with Crippen LogP contribution >= 0.6 is 11.3 Å². The Hall–Kier alpha value is -3.57. The Bertz CT molecular complexity index is 1420. The first-order chi connectivity index (χ1) is 18.0. The monoisotopic (exact) mass is 556 g/mol. The predicted octanol–water partition coefficient (Wildman–Crippen LogP) is 5.54. The summed E-state index contributed by atoms with van der Waals surface area (Å²) < 4.78 is 29.5. The standard InChI is InChI=1S/C27H28N2O7S2/c1-16(30)19-12-20(26(32)33)14-21(13-19)36-24-15-28-27(37-24)29-25(31)23(11-17-5-3-4-6-17)18-7-9-22(10-8-18)38(2,34)35/h7-10,12-15,17,23H,3-6,11H2,1-2H3,(H,32,33)(H,28,29,31)/t23-/m1/s1. The molecule has 0 spiro atoms. The number of aromatic carboxylic acids is 1. The lowest BCUT2D eigenvalue weighted by Gasteiger charge is -2.20. The number of carbonyl (C=O) groups excluding carboxylic acids is 2. The molecule has 4 rings (SSSR count). The molecule has 0 saturated heterocycles. The number of ketones is 1. The lowest BCUT2D eigenvalue weighted by molar-refractivity contribution is -0.118. The minimum absolute atomic E-state index is 0.0811. The number of sulfone groups is 1. The minimum Gasteiger partial charge on any atom is -0.478 e. The molecule has 2 N–H and O–H groups in total. The molecule has 0 aliphatic heterocycles. The number of benzene rings is 2. The number of carboxylic acid groups (broad SMARTS) is 1. The van der Waals surface area contributed by atoms with E-state index in [1.807, 2.05) is 0 Å². The summed E-state index contributed by atoms with van der Waals surface area (Å²) in [4.78, 5) is 41.0. The topological polar surface area (TPSA) is 140 Å². The molecule has 9 nitrogen and oxygen atoms in total. The average molecular weight is 557 g/mol. The summed E-state index contributed by atoms with van der Waals surface area (Å²) >= 11 is 1.07. The van der Waals surface area contributed by atoms with Gasteiger partial charge in [0.15, 0.2) is 20.8 Å². The lowest BCUT2D eigenvalue weighted by Crippen LogP contribution is -2.23. The van der Waals surface area contributed by atoms with E-state index in [1.165, 1.54) is 43.5 Å². The number of aromatic nitrogens is 1. The molecule has 1 aromatic heterocycles. The van der Waals surface area contributed by atoms with Crippen molar-refractivity contribution in [1.82, 2.24) is 4.98 Å². The number of rotatable bonds is 10. The molecule has 0 bridgehead atoms. The second kappa shape index (κ2) is 11.4. The van der Waals surface area contributed by atoms with Gasteiger partial charge in [-0.3, -0.25) is 9.59 Å². The molecule has 1 heterocycles. The summed E-state index contributed by atoms with van der Waals surface area (Å²) in [7, 11) is -3.35. The fourth-order valence-electron chi connectivity index (χ4n) is 4.58. The fraction of sp³-hybridized carbons (Fsp3) is 0.333. The van der Waals surface area contributed by atoms with Gasteiger partial charge in [-0.15, -0.1) is 0 Å². The number of amides is 1. The number of ether oxygens (including phenoxy) is 1. The third-order valence-corrected chi connectivity index (χ3v) is 8.48. The maximum Gasteiger partial charge on any atom is 0.335 e. The highest BCUT2D eigenvalue weighted by Gasteiger charge is 2.28. The molecule has 1 aliphatic carbocycles. The summed E-state index contributed by atoms with van der Waals surface area (Å²) in [6, 6.07) is 10.5. The van der Waals surface area contributed by atoms with Gasteiger partial charge in [-0.2, -0.15) is 0 Å². The van der Waals surface area contributed by atoms with Gasteiger partial charge in [0.2, 0.25) is 11.0 Å². The molecular weight excluding hydrogens is 528 g/mol. The van der Waals surface area contributed by atoms with E-state index in [1.54, 1.807) is 12.1 Å². The van der Waals surface area contributed by atoms with E-state index in [0.717, 1.165) is 48.8 Å². The van der Waals surface area contributed by atoms with Crippen molar-refractivity contribution in [2.45, 2.75) is 49.8 Å². The molecular formula is C27H28N2O7S2. The first kappa shape index (κ1) is 27.5. The summed E-state index contributed by atoms with van der Waals surface area (Å²) in [5.74, 6) is -1.64. The number of hydrogen-bond acceptors (Lipinski definition) is 8. The number of carbonyl (C=O) groups is 3. The van der Waals surface area contributed by atoms with Crippen molar-refractivity contribution in [3.05, 3.63) is 65.4 Å². The number of nitrogens with one attached hydrogen (secondary N) is 1. The number of thiazole rings is 1. The van der Waals surface area contributed by atoms with Gasteiger partial charge in [-0.25, -0.2) is 18.2 Å². The predicted molar refractivity (Wildman–Crippen MR) is 143 cm³/mol. The lowest BCUT2D eigenvalue weighted by atomic mass is 9.87. The van der Waals surface area contributed by atoms with Crippen LogP contribution in [0.2, 0.25) is 0 Å². The van der Waals surface area contributed by atoms with Gasteiger partial charge in [0.1, 0.15) is 5.75 Å². The largest absolute Gasteiger partial charge is 0.478 e. The molecule has 0 radical (unpaired) electrons. The van der Waals surface area contributed by atoms with Crippen LogP contribution in [0.1, 0.15) is 71.2 Å². The quantitative estimate of drug-likeness (QED) is 0.310. The molecule has 200 valence electrons. The maximum absolute atomic E-state index is 13.4. The van der Waals surface area contributed by atoms with E-state index in [-0.39, 0.29) is 33.5 Å². The molecule has 0 unspecified atom stereocenters. The van der Waals surface area contributed by atoms with Crippen LogP contribution in [-0.2, 0) is 14.6 Å². The SMILES string of the molecule is CC(=O)c1cc(Oc2cnc(NC(=O)[C@H](CC3CCCC3)c3ccc(S(C)(=O)=O)cc3)s2)cc(C(=O)O)c1. The number of Topliss-reactive ketones (excluding diaryl/α,β-unsaturated/α-hetero) is 1. The second-order valence-electron chi connectivity index (χ2n) is 9.46. The third kappa shape index (κ3) is 6.84. The molecule has 38 heavy (non-hydrogen) atoms. The Balaban J connectivity index is 1.52. The van der Waals surface area contributed by atoms with Crippen LogP contribution in [0.3, 0.4) is 0 Å². The zero-order valence-electron chi connectivity index (χ0n) is 21.0. The van der Waals surface area contributed by atoms with Crippen LogP contribution < -0.4 is 10.1 Å². The zero-order valence-corrected chi connectivity index (χ0v) is 22.6. The van der Waals surface area contributed by atoms with E-state index in [2.05, 4.69) is 10.3 Å². The zero-order chi connectivity index (χ0) is 27.4. The minimum atomic E-state index is -3.35. The van der Waals surface area contributed by atoms with E-state index in [9.17, 15) is 27.9 Å². The fourth-order valence-corrected chi connectivity index (χ4v) is 5.90. The van der Waals surface area contributed by atoms with Gasteiger partial charge < -0.3 is 15.2 Å². The molecule has 1 saturated carbocycles. The van der Waals surface area contributed by atoms with Gasteiger partial charge in [-0.1, -0.05) is 49.2 Å². The molecule has 2 aromatic carbocycles. The third-order valence-electron chi connectivity index (χ3n) is 6.56. The number of hydrogen-bond donors (Lipinski definition) is 2. The van der Waals surface area contributed by atoms with Crippen LogP contribution in [0.15, 0.2) is 53.6 Å². The molecule has 1 atom stereocenters. The van der Waals surface area contributed by atoms with E-state index < -0.39 is 21.7 Å². The Kier molecular flexibility index (Phi) is 8.27. The Labute approximate surface area is 224 Å². The van der Waals surface area contributed by atoms with Gasteiger partial charge in [-0.05, 0) is 55.2 Å². The summed E-state index contributed by atoms with van der Waals surface area (Å²) in [6.07, 6.45) is 7.58. The average Bonchev–Trinajstić information content (AvgIpc) is 3.54. The second-order valence-corrected chi connectivity index (χ2v) is 12.5. The van der Waals surface area contributed by atoms with Gasteiger partial charge >= 0.3 is 5.97 Å². The van der Waals surface area contributed by atoms with Crippen molar-refractivity contribution >= 4 is 44.0 Å². The van der Waals surface area contributed by atoms with Gasteiger partial charge in [0, 0.05) is 11.8 Å². The first-order valence-electron chi connectivity index (χ1n) is 12.1. The summed E-state index contributed by atoms with van der Waals surface area (Å²) in [5, 5.41) is 12.8. The van der Waals surface area contributed by atoms with Crippen LogP contribution in [0.4, 0.5) is 5.13 Å². The summed E-state index contributed by atoms with van der Waals surface area (Å²) in [5.41, 5.74) is 0.856. The molecule has 1 fully saturated rings. The smallest absolute Gasteiger partial charge is 0.335 e. The van der Waals surface area contributed by atoms with Crippen molar-refractivity contribution in [2.75, 3.05) is 11.6 Å². The van der Waals surface area contributed by atoms with Gasteiger partial charge in [0.25, 0.3) is 0 Å². The van der Waals surface area contributed by atoms with Crippen LogP contribution in [0.25, 0.3) is 0 Å². The van der Waals surface area contributed by atoms with Crippen LogP contribution in [0.5, 0.6) is 10.8 Å². The van der Waals surface area contributed by atoms with Crippen molar-refractivity contribution in [3.8, 4) is 10.8 Å². The Morgan fingerprint density at radius 2 is 1.76 bits per heavy atom. The molecule has 3 aromatic rings. The van der Waals surface area contributed by atoms with Crippen molar-refractivity contribution < 1.29 is 32.6 Å². The highest BCUT2D eigenvalue weighted by molar-refractivity contribution is 7.90. The van der Waals surface area contributed by atoms with E-state index in [4.69, 9.17) is 4.74 Å². The van der Waals surface area contributed by atoms with Crippen molar-refractivity contribution in [1.29, 1.82) is 0 Å². The first-order valence-corrected chi connectivity index (χ1v) is 14.8. The normalized spacial score (nSPS) is 14.7. The number of nitrogens with zero attached hydrogens (tertiary/aromatic N) is 1. The van der Waals surface area contributed by atoms with E-state index in [0.29, 0.717) is 22.5 Å². The highest BCUT2D eigenvalue weighted by atomic mass is 32.2. The maximum atomic E-state index is 13.4. The Morgan fingerprint density at radius 1 is 1.11 bits per heavy atom. The number of carboxylic acids is 1.